The first-order valence-electron chi connectivity index (χ1n) is 11.8. The SMILES string of the molecule is Cc1[nH]nc2c3ccccc3c(-c3ccc(N4CCOCC4)c(NS(=O)(=O)c4ccccc4Cl)c3)n[n+]12. The highest BCUT2D eigenvalue weighted by Gasteiger charge is 2.24. The average molecular weight is 536 g/mol. The number of aromatic amines is 1. The quantitative estimate of drug-likeness (QED) is 0.330. The van der Waals surface area contributed by atoms with Gasteiger partial charge in [0.05, 0.1) is 35.0 Å². The monoisotopic (exact) mass is 535 g/mol. The van der Waals surface area contributed by atoms with E-state index in [9.17, 15) is 8.42 Å². The zero-order chi connectivity index (χ0) is 25.6. The molecule has 6 rings (SSSR count). The van der Waals surface area contributed by atoms with Gasteiger partial charge in [-0.05, 0) is 30.3 Å². The summed E-state index contributed by atoms with van der Waals surface area (Å²) in [6.07, 6.45) is 0. The van der Waals surface area contributed by atoms with E-state index < -0.39 is 10.0 Å². The van der Waals surface area contributed by atoms with Crippen LogP contribution < -0.4 is 14.1 Å². The average Bonchev–Trinajstić information content (AvgIpc) is 3.29. The lowest BCUT2D eigenvalue weighted by molar-refractivity contribution is -0.585. The predicted molar refractivity (Wildman–Crippen MR) is 143 cm³/mol. The van der Waals surface area contributed by atoms with Gasteiger partial charge >= 0.3 is 5.65 Å². The number of fused-ring (bicyclic) bond motifs is 3. The smallest absolute Gasteiger partial charge is 0.333 e. The summed E-state index contributed by atoms with van der Waals surface area (Å²) in [4.78, 5) is 2.13. The predicted octanol–water partition coefficient (Wildman–Crippen LogP) is 3.96. The number of halogens is 1. The molecule has 0 unspecified atom stereocenters. The maximum Gasteiger partial charge on any atom is 0.333 e. The minimum Gasteiger partial charge on any atom is -0.378 e. The molecule has 0 spiro atoms. The van der Waals surface area contributed by atoms with Crippen LogP contribution in [0.5, 0.6) is 0 Å². The van der Waals surface area contributed by atoms with Crippen molar-refractivity contribution in [3.63, 3.8) is 0 Å². The number of ether oxygens (including phenoxy) is 1. The van der Waals surface area contributed by atoms with Crippen LogP contribution in [0, 0.1) is 6.92 Å². The van der Waals surface area contributed by atoms with E-state index in [1.807, 2.05) is 49.4 Å². The number of aromatic nitrogens is 4. The van der Waals surface area contributed by atoms with Crippen molar-refractivity contribution >= 4 is 49.4 Å². The van der Waals surface area contributed by atoms with Crippen LogP contribution in [0.1, 0.15) is 5.82 Å². The van der Waals surface area contributed by atoms with Crippen LogP contribution in [0.2, 0.25) is 5.02 Å². The number of nitrogens with zero attached hydrogens (tertiary/aromatic N) is 4. The van der Waals surface area contributed by atoms with Crippen LogP contribution in [0.25, 0.3) is 27.7 Å². The second-order valence-corrected chi connectivity index (χ2v) is 10.9. The number of H-pyrrole nitrogens is 1. The van der Waals surface area contributed by atoms with Gasteiger partial charge in [0.25, 0.3) is 15.8 Å². The summed E-state index contributed by atoms with van der Waals surface area (Å²) in [5.74, 6) is 0.784. The van der Waals surface area contributed by atoms with Crippen LogP contribution >= 0.6 is 11.6 Å². The molecule has 0 saturated carbocycles. The van der Waals surface area contributed by atoms with Gasteiger partial charge in [0.1, 0.15) is 10.6 Å². The normalized spacial score (nSPS) is 14.4. The number of aryl methyl sites for hydroxylation is 1. The molecule has 3 aromatic carbocycles. The second kappa shape index (κ2) is 9.29. The third-order valence-electron chi connectivity index (χ3n) is 6.46. The summed E-state index contributed by atoms with van der Waals surface area (Å²) in [5.41, 5.74) is 3.41. The molecule has 1 fully saturated rings. The van der Waals surface area contributed by atoms with Gasteiger partial charge in [-0.3, -0.25) is 4.72 Å². The van der Waals surface area contributed by atoms with Crippen LogP contribution in [0.15, 0.2) is 71.6 Å². The number of hydrogen-bond acceptors (Lipinski definition) is 6. The molecule has 2 N–H and O–H groups in total. The summed E-state index contributed by atoms with van der Waals surface area (Å²) < 4.78 is 36.9. The number of anilines is 2. The van der Waals surface area contributed by atoms with Gasteiger partial charge in [-0.25, -0.2) is 8.42 Å². The molecule has 9 nitrogen and oxygen atoms in total. The van der Waals surface area contributed by atoms with Crippen molar-refractivity contribution in [3.05, 3.63) is 77.6 Å². The first-order chi connectivity index (χ1) is 17.9. The van der Waals surface area contributed by atoms with Crippen molar-refractivity contribution < 1.29 is 17.7 Å². The van der Waals surface area contributed by atoms with Gasteiger partial charge in [-0.2, -0.15) is 0 Å². The Kier molecular flexibility index (Phi) is 5.94. The van der Waals surface area contributed by atoms with E-state index in [1.54, 1.807) is 22.7 Å². The van der Waals surface area contributed by atoms with E-state index in [2.05, 4.69) is 19.8 Å². The number of sulfonamides is 1. The Hall–Kier alpha value is -3.73. The molecule has 2 aromatic heterocycles. The molecule has 0 bridgehead atoms. The summed E-state index contributed by atoms with van der Waals surface area (Å²) >= 11 is 6.25. The molecule has 11 heteroatoms. The van der Waals surface area contributed by atoms with E-state index in [0.29, 0.717) is 37.7 Å². The fraction of sp³-hybridized carbons (Fsp3) is 0.192. The molecule has 1 aliphatic heterocycles. The van der Waals surface area contributed by atoms with Crippen LogP contribution in [-0.2, 0) is 14.8 Å². The van der Waals surface area contributed by atoms with E-state index in [0.717, 1.165) is 33.5 Å². The Bertz CT molecular complexity index is 1750. The Morgan fingerprint density at radius 1 is 1.03 bits per heavy atom. The van der Waals surface area contributed by atoms with Crippen molar-refractivity contribution in [2.75, 3.05) is 35.9 Å². The molecule has 0 radical (unpaired) electrons. The third-order valence-corrected chi connectivity index (χ3v) is 8.32. The minimum absolute atomic E-state index is 0.0181. The maximum atomic E-state index is 13.4. The number of hydrogen-bond donors (Lipinski definition) is 2. The number of benzene rings is 3. The second-order valence-electron chi connectivity index (χ2n) is 8.81. The van der Waals surface area contributed by atoms with E-state index in [-0.39, 0.29) is 9.92 Å². The highest BCUT2D eigenvalue weighted by molar-refractivity contribution is 7.92. The van der Waals surface area contributed by atoms with E-state index in [4.69, 9.17) is 21.4 Å². The summed E-state index contributed by atoms with van der Waals surface area (Å²) in [6, 6.07) is 20.0. The summed E-state index contributed by atoms with van der Waals surface area (Å²) in [5, 5.41) is 14.3. The fourth-order valence-electron chi connectivity index (χ4n) is 4.64. The lowest BCUT2D eigenvalue weighted by atomic mass is 10.0. The molecule has 0 aliphatic carbocycles. The first-order valence-corrected chi connectivity index (χ1v) is 13.7. The lowest BCUT2D eigenvalue weighted by Gasteiger charge is -2.31. The zero-order valence-electron chi connectivity index (χ0n) is 20.0. The summed E-state index contributed by atoms with van der Waals surface area (Å²) in [6.45, 7) is 4.33. The van der Waals surface area contributed by atoms with Crippen molar-refractivity contribution in [2.45, 2.75) is 11.8 Å². The number of rotatable bonds is 5. The van der Waals surface area contributed by atoms with Gasteiger partial charge in [0.15, 0.2) is 0 Å². The molecule has 37 heavy (non-hydrogen) atoms. The summed E-state index contributed by atoms with van der Waals surface area (Å²) in [7, 11) is -3.96. The molecular weight excluding hydrogens is 512 g/mol. The minimum atomic E-state index is -3.96. The van der Waals surface area contributed by atoms with E-state index in [1.165, 1.54) is 6.07 Å². The third kappa shape index (κ3) is 4.26. The Morgan fingerprint density at radius 3 is 2.54 bits per heavy atom. The molecule has 0 amide bonds. The lowest BCUT2D eigenvalue weighted by Crippen LogP contribution is -2.36. The maximum absolute atomic E-state index is 13.4. The van der Waals surface area contributed by atoms with Gasteiger partial charge in [0.2, 0.25) is 0 Å². The Morgan fingerprint density at radius 2 is 1.76 bits per heavy atom. The van der Waals surface area contributed by atoms with Gasteiger partial charge in [0, 0.05) is 36.1 Å². The molecule has 0 atom stereocenters. The standard InChI is InChI=1S/C26H23ClN6O3S/c1-17-28-29-26-20-7-3-2-6-19(20)25(30-33(17)26)18-10-11-23(32-12-14-36-15-13-32)22(16-18)31-37(34,35)24-9-5-4-8-21(24)27/h2-11,16,31H,12-15H2,1H3/p+1. The van der Waals surface area contributed by atoms with Gasteiger partial charge in [-0.1, -0.05) is 48.0 Å². The molecule has 188 valence electrons. The molecule has 1 saturated heterocycles. The first kappa shape index (κ1) is 23.7. The van der Waals surface area contributed by atoms with Crippen LogP contribution in [0.4, 0.5) is 11.4 Å². The Labute approximate surface area is 218 Å². The molecule has 1 aliphatic rings. The van der Waals surface area contributed by atoms with Crippen molar-refractivity contribution in [1.29, 1.82) is 0 Å². The Balaban J connectivity index is 1.53. The van der Waals surface area contributed by atoms with Crippen molar-refractivity contribution in [2.24, 2.45) is 0 Å². The van der Waals surface area contributed by atoms with Gasteiger partial charge < -0.3 is 9.64 Å². The van der Waals surface area contributed by atoms with Crippen LogP contribution in [-0.4, -0.2) is 50.0 Å². The van der Waals surface area contributed by atoms with Crippen molar-refractivity contribution in [1.82, 2.24) is 15.3 Å². The molecule has 3 heterocycles. The van der Waals surface area contributed by atoms with Gasteiger partial charge in [-0.15, -0.1) is 14.7 Å². The van der Waals surface area contributed by atoms with Crippen molar-refractivity contribution in [3.8, 4) is 11.3 Å². The highest BCUT2D eigenvalue weighted by Crippen LogP contribution is 2.36. The fourth-order valence-corrected chi connectivity index (χ4v) is 6.23. The molecular formula is C26H24ClN6O3S+. The molecule has 5 aromatic rings. The highest BCUT2D eigenvalue weighted by atomic mass is 35.5. The van der Waals surface area contributed by atoms with Crippen LogP contribution in [0.3, 0.4) is 0 Å². The van der Waals surface area contributed by atoms with E-state index >= 15 is 0 Å². The number of morpholine rings is 1. The largest absolute Gasteiger partial charge is 0.378 e. The zero-order valence-corrected chi connectivity index (χ0v) is 21.6. The topological polar surface area (TPSA) is 104 Å². The number of nitrogens with one attached hydrogen (secondary N) is 2.